The van der Waals surface area contributed by atoms with Gasteiger partial charge in [0.1, 0.15) is 5.60 Å². The number of rotatable bonds is 7. The molecule has 0 radical (unpaired) electrons. The predicted molar refractivity (Wildman–Crippen MR) is 154 cm³/mol. The highest BCUT2D eigenvalue weighted by atomic mass is 35.5. The lowest BCUT2D eigenvalue weighted by Crippen LogP contribution is -2.41. The number of aryl methyl sites for hydroxylation is 2. The van der Waals surface area contributed by atoms with E-state index in [0.29, 0.717) is 5.92 Å². The molecule has 7 nitrogen and oxygen atoms in total. The first-order chi connectivity index (χ1) is 18.7. The minimum atomic E-state index is -0.484. The molecule has 1 fully saturated rings. The zero-order valence-electron chi connectivity index (χ0n) is 22.9. The summed E-state index contributed by atoms with van der Waals surface area (Å²) in [6, 6.07) is 14.3. The number of carbonyl (C=O) groups excluding carboxylic acids is 1. The summed E-state index contributed by atoms with van der Waals surface area (Å²) in [4.78, 5) is 26.5. The molecule has 8 heteroatoms. The Bertz CT molecular complexity index is 1440. The number of fused-ring (bicyclic) bond motifs is 1. The Hall–Kier alpha value is -3.45. The number of imidazole rings is 1. The first kappa shape index (κ1) is 27.1. The van der Waals surface area contributed by atoms with Crippen molar-refractivity contribution in [2.24, 2.45) is 5.92 Å². The molecule has 204 valence electrons. The van der Waals surface area contributed by atoms with Crippen LogP contribution in [0.2, 0.25) is 5.02 Å². The van der Waals surface area contributed by atoms with E-state index in [1.54, 1.807) is 0 Å². The molecule has 0 aliphatic heterocycles. The van der Waals surface area contributed by atoms with Crippen LogP contribution >= 0.6 is 11.6 Å². The van der Waals surface area contributed by atoms with Crippen molar-refractivity contribution in [3.05, 3.63) is 83.0 Å². The van der Waals surface area contributed by atoms with Gasteiger partial charge in [-0.3, -0.25) is 14.4 Å². The normalized spacial score (nSPS) is 17.7. The van der Waals surface area contributed by atoms with Gasteiger partial charge in [-0.2, -0.15) is 0 Å². The molecule has 0 spiro atoms. The molecule has 1 aromatic carbocycles. The molecule has 0 saturated heterocycles. The summed E-state index contributed by atoms with van der Waals surface area (Å²) >= 11 is 6.14. The largest absolute Gasteiger partial charge is 0.444 e. The maximum atomic E-state index is 12.1. The first-order valence-electron chi connectivity index (χ1n) is 13.7. The van der Waals surface area contributed by atoms with Crippen molar-refractivity contribution in [1.29, 1.82) is 0 Å². The van der Waals surface area contributed by atoms with E-state index in [0.717, 1.165) is 78.4 Å². The van der Waals surface area contributed by atoms with Crippen LogP contribution in [-0.2, 0) is 24.0 Å². The van der Waals surface area contributed by atoms with Crippen LogP contribution in [0.1, 0.15) is 63.4 Å². The Kier molecular flexibility index (Phi) is 8.17. The van der Waals surface area contributed by atoms with Crippen LogP contribution < -0.4 is 5.32 Å². The molecule has 39 heavy (non-hydrogen) atoms. The molecule has 1 amide bonds. The number of aromatic nitrogens is 4. The number of benzene rings is 1. The Morgan fingerprint density at radius 1 is 1.08 bits per heavy atom. The Morgan fingerprint density at radius 3 is 2.64 bits per heavy atom. The number of nitrogens with one attached hydrogen (secondary N) is 1. The van der Waals surface area contributed by atoms with Crippen molar-refractivity contribution < 1.29 is 9.53 Å². The number of nitrogens with zero attached hydrogens (tertiary/aromatic N) is 4. The predicted octanol–water partition coefficient (Wildman–Crippen LogP) is 6.86. The molecule has 1 saturated carbocycles. The summed E-state index contributed by atoms with van der Waals surface area (Å²) in [5, 5.41) is 3.79. The average molecular weight is 546 g/mol. The highest BCUT2D eigenvalue weighted by Gasteiger charge is 2.26. The van der Waals surface area contributed by atoms with Crippen LogP contribution in [0.4, 0.5) is 4.79 Å². The summed E-state index contributed by atoms with van der Waals surface area (Å²) in [6.45, 7) is 5.65. The van der Waals surface area contributed by atoms with Crippen LogP contribution in [0.15, 0.2) is 61.1 Å². The van der Waals surface area contributed by atoms with Crippen molar-refractivity contribution in [3.8, 4) is 11.4 Å². The standard InChI is InChI=1S/C31H36ClN5O2/c1-31(2,3)39-30(38)36-25-14-11-22(12-15-25)19-27-29-34-20-28(37(29)17-16-33-27)26-9-5-8-24(35-26)13-10-21-6-4-7-23(32)18-21/h4-9,16-18,20,22,25H,10-15,19H2,1-3H3,(H,36,38). The Labute approximate surface area is 235 Å². The van der Waals surface area contributed by atoms with Crippen LogP contribution in [0.5, 0.6) is 0 Å². The molecule has 3 aromatic heterocycles. The van der Waals surface area contributed by atoms with E-state index in [4.69, 9.17) is 31.3 Å². The van der Waals surface area contributed by atoms with Crippen LogP contribution in [0, 0.1) is 5.92 Å². The van der Waals surface area contributed by atoms with E-state index < -0.39 is 5.60 Å². The van der Waals surface area contributed by atoms with Gasteiger partial charge in [0.2, 0.25) is 0 Å². The van der Waals surface area contributed by atoms with Crippen molar-refractivity contribution in [2.45, 2.75) is 77.4 Å². The van der Waals surface area contributed by atoms with Gasteiger partial charge in [-0.1, -0.05) is 29.8 Å². The third-order valence-electron chi connectivity index (χ3n) is 7.18. The number of carbonyl (C=O) groups is 1. The number of pyridine rings is 1. The lowest BCUT2D eigenvalue weighted by molar-refractivity contribution is 0.0487. The van der Waals surface area contributed by atoms with E-state index in [9.17, 15) is 4.79 Å². The Morgan fingerprint density at radius 2 is 1.87 bits per heavy atom. The smallest absolute Gasteiger partial charge is 0.407 e. The van der Waals surface area contributed by atoms with E-state index in [1.807, 2.05) is 63.6 Å². The van der Waals surface area contributed by atoms with Gasteiger partial charge in [0.25, 0.3) is 0 Å². The summed E-state index contributed by atoms with van der Waals surface area (Å²) in [6.07, 6.45) is 11.9. The minimum absolute atomic E-state index is 0.162. The lowest BCUT2D eigenvalue weighted by atomic mass is 9.83. The van der Waals surface area contributed by atoms with E-state index in [2.05, 4.69) is 27.9 Å². The SMILES string of the molecule is CC(C)(C)OC(=O)NC1CCC(Cc2nccn3c(-c4cccc(CCc5cccc(Cl)c5)n4)cnc23)CC1. The zero-order chi connectivity index (χ0) is 27.4. The molecule has 0 atom stereocenters. The highest BCUT2D eigenvalue weighted by Crippen LogP contribution is 2.29. The highest BCUT2D eigenvalue weighted by molar-refractivity contribution is 6.30. The van der Waals surface area contributed by atoms with Gasteiger partial charge in [0.15, 0.2) is 5.65 Å². The summed E-state index contributed by atoms with van der Waals surface area (Å²) < 4.78 is 7.51. The van der Waals surface area contributed by atoms with E-state index in [1.165, 1.54) is 5.56 Å². The maximum absolute atomic E-state index is 12.1. The zero-order valence-corrected chi connectivity index (χ0v) is 23.6. The third kappa shape index (κ3) is 7.15. The summed E-state index contributed by atoms with van der Waals surface area (Å²) in [5.74, 6) is 0.508. The van der Waals surface area contributed by atoms with Gasteiger partial charge >= 0.3 is 6.09 Å². The van der Waals surface area contributed by atoms with Gasteiger partial charge in [0.05, 0.1) is 23.3 Å². The van der Waals surface area contributed by atoms with Crippen molar-refractivity contribution in [2.75, 3.05) is 0 Å². The lowest BCUT2D eigenvalue weighted by Gasteiger charge is -2.30. The van der Waals surface area contributed by atoms with Gasteiger partial charge in [0, 0.05) is 29.2 Å². The fourth-order valence-electron chi connectivity index (χ4n) is 5.29. The molecule has 0 bridgehead atoms. The fraction of sp³-hybridized carbons (Fsp3) is 0.419. The van der Waals surface area contributed by atoms with Crippen LogP contribution in [0.3, 0.4) is 0 Å². The van der Waals surface area contributed by atoms with Crippen LogP contribution in [-0.4, -0.2) is 37.1 Å². The quantitative estimate of drug-likeness (QED) is 0.274. The minimum Gasteiger partial charge on any atom is -0.444 e. The number of halogens is 1. The molecule has 3 heterocycles. The molecular weight excluding hydrogens is 510 g/mol. The number of amides is 1. The van der Waals surface area contributed by atoms with Crippen molar-refractivity contribution >= 4 is 23.3 Å². The number of hydrogen-bond donors (Lipinski definition) is 1. The van der Waals surface area contributed by atoms with Crippen molar-refractivity contribution in [1.82, 2.24) is 24.7 Å². The fourth-order valence-corrected chi connectivity index (χ4v) is 5.50. The average Bonchev–Trinajstić information content (AvgIpc) is 3.33. The monoisotopic (exact) mass is 545 g/mol. The Balaban J connectivity index is 1.23. The molecule has 1 aliphatic rings. The molecule has 5 rings (SSSR count). The molecule has 1 aliphatic carbocycles. The summed E-state index contributed by atoms with van der Waals surface area (Å²) in [7, 11) is 0. The van der Waals surface area contributed by atoms with Gasteiger partial charge < -0.3 is 10.1 Å². The summed E-state index contributed by atoms with van der Waals surface area (Å²) in [5.41, 5.74) is 5.50. The third-order valence-corrected chi connectivity index (χ3v) is 7.41. The topological polar surface area (TPSA) is 81.4 Å². The number of ether oxygens (including phenoxy) is 1. The number of alkyl carbamates (subject to hydrolysis) is 1. The van der Waals surface area contributed by atoms with Gasteiger partial charge in [-0.25, -0.2) is 9.78 Å². The number of hydrogen-bond acceptors (Lipinski definition) is 5. The first-order valence-corrected chi connectivity index (χ1v) is 14.1. The molecular formula is C31H36ClN5O2. The van der Waals surface area contributed by atoms with Gasteiger partial charge in [-0.05, 0) is 101 Å². The van der Waals surface area contributed by atoms with Crippen molar-refractivity contribution in [3.63, 3.8) is 0 Å². The molecule has 1 N–H and O–H groups in total. The van der Waals surface area contributed by atoms with E-state index >= 15 is 0 Å². The second-order valence-electron chi connectivity index (χ2n) is 11.4. The van der Waals surface area contributed by atoms with Gasteiger partial charge in [-0.15, -0.1) is 0 Å². The second kappa shape index (κ2) is 11.7. The second-order valence-corrected chi connectivity index (χ2v) is 11.9. The maximum Gasteiger partial charge on any atom is 0.407 e. The van der Waals surface area contributed by atoms with Crippen LogP contribution in [0.25, 0.3) is 17.0 Å². The molecule has 0 unspecified atom stereocenters. The molecule has 4 aromatic rings. The van der Waals surface area contributed by atoms with E-state index in [-0.39, 0.29) is 12.1 Å².